The standard InChI is InChI=1S/C5H10N2O2/c1-3-4(8)9-5(2,6)7/h3H,1,6-7H2,2H3. The molecule has 0 amide bonds. The predicted octanol–water partition coefficient (Wildman–Crippen LogP) is -0.693. The molecule has 52 valence electrons. The average molecular weight is 130 g/mol. The third kappa shape index (κ3) is 4.99. The normalized spacial score (nSPS) is 10.6. The Kier molecular flexibility index (Phi) is 2.36. The molecule has 0 fully saturated rings. The summed E-state index contributed by atoms with van der Waals surface area (Å²) in [6, 6.07) is 0. The van der Waals surface area contributed by atoms with E-state index in [1.165, 1.54) is 6.92 Å². The first-order valence-corrected chi connectivity index (χ1v) is 2.39. The lowest BCUT2D eigenvalue weighted by Crippen LogP contribution is -2.49. The Bertz CT molecular complexity index is 125. The maximum atomic E-state index is 10.3. The van der Waals surface area contributed by atoms with Crippen LogP contribution in [0.5, 0.6) is 0 Å². The molecule has 0 saturated heterocycles. The van der Waals surface area contributed by atoms with Gasteiger partial charge in [0.15, 0.2) is 0 Å². The maximum absolute atomic E-state index is 10.3. The second kappa shape index (κ2) is 2.61. The summed E-state index contributed by atoms with van der Waals surface area (Å²) in [7, 11) is 0. The Hall–Kier alpha value is -0.870. The number of hydrogen-bond acceptors (Lipinski definition) is 4. The summed E-state index contributed by atoms with van der Waals surface area (Å²) in [5.41, 5.74) is 10.2. The van der Waals surface area contributed by atoms with Crippen molar-refractivity contribution in [2.45, 2.75) is 12.8 Å². The van der Waals surface area contributed by atoms with Crippen LogP contribution in [0, 0.1) is 0 Å². The quantitative estimate of drug-likeness (QED) is 0.294. The highest BCUT2D eigenvalue weighted by molar-refractivity contribution is 5.81. The summed E-state index contributed by atoms with van der Waals surface area (Å²) >= 11 is 0. The second-order valence-electron chi connectivity index (χ2n) is 1.81. The number of nitrogens with two attached hydrogens (primary N) is 2. The highest BCUT2D eigenvalue weighted by atomic mass is 16.6. The minimum atomic E-state index is -1.40. The van der Waals surface area contributed by atoms with Crippen LogP contribution in [0.25, 0.3) is 0 Å². The van der Waals surface area contributed by atoms with Crippen LogP contribution in [0.3, 0.4) is 0 Å². The molecule has 0 aliphatic heterocycles. The second-order valence-corrected chi connectivity index (χ2v) is 1.81. The number of carbonyl (C=O) groups excluding carboxylic acids is 1. The Labute approximate surface area is 53.5 Å². The fourth-order valence-corrected chi connectivity index (χ4v) is 0.258. The molecule has 4 heteroatoms. The lowest BCUT2D eigenvalue weighted by molar-refractivity contribution is -0.150. The van der Waals surface area contributed by atoms with Gasteiger partial charge in [-0.15, -0.1) is 0 Å². The molecule has 0 atom stereocenters. The molecule has 9 heavy (non-hydrogen) atoms. The van der Waals surface area contributed by atoms with Gasteiger partial charge in [0.2, 0.25) is 5.85 Å². The molecule has 0 heterocycles. The molecular weight excluding hydrogens is 120 g/mol. The summed E-state index contributed by atoms with van der Waals surface area (Å²) in [4.78, 5) is 10.3. The number of carbonyl (C=O) groups is 1. The molecule has 0 saturated carbocycles. The van der Waals surface area contributed by atoms with E-state index < -0.39 is 11.8 Å². The van der Waals surface area contributed by atoms with E-state index in [9.17, 15) is 4.79 Å². The van der Waals surface area contributed by atoms with Gasteiger partial charge in [0, 0.05) is 13.0 Å². The zero-order valence-electron chi connectivity index (χ0n) is 5.26. The Morgan fingerprint density at radius 1 is 1.78 bits per heavy atom. The third-order valence-electron chi connectivity index (χ3n) is 0.487. The molecule has 4 nitrogen and oxygen atoms in total. The van der Waals surface area contributed by atoms with Gasteiger partial charge in [-0.3, -0.25) is 11.5 Å². The first-order valence-electron chi connectivity index (χ1n) is 2.39. The monoisotopic (exact) mass is 130 g/mol. The predicted molar refractivity (Wildman–Crippen MR) is 33.1 cm³/mol. The zero-order chi connectivity index (χ0) is 7.49. The molecule has 0 aromatic heterocycles. The molecular formula is C5H10N2O2. The van der Waals surface area contributed by atoms with Crippen LogP contribution in [0.2, 0.25) is 0 Å². The maximum Gasteiger partial charge on any atom is 0.332 e. The van der Waals surface area contributed by atoms with Crippen LogP contribution in [-0.2, 0) is 9.53 Å². The van der Waals surface area contributed by atoms with Gasteiger partial charge >= 0.3 is 5.97 Å². The SMILES string of the molecule is C=CC(=O)OC(C)(N)N. The molecule has 0 rings (SSSR count). The van der Waals surface area contributed by atoms with E-state index in [2.05, 4.69) is 11.3 Å². The third-order valence-corrected chi connectivity index (χ3v) is 0.487. The topological polar surface area (TPSA) is 78.3 Å². The molecule has 0 radical (unpaired) electrons. The van der Waals surface area contributed by atoms with Gasteiger partial charge in [0.05, 0.1) is 0 Å². The number of ether oxygens (including phenoxy) is 1. The lowest BCUT2D eigenvalue weighted by Gasteiger charge is -2.17. The molecule has 0 aromatic rings. The molecule has 0 unspecified atom stereocenters. The van der Waals surface area contributed by atoms with E-state index in [0.717, 1.165) is 6.08 Å². The van der Waals surface area contributed by atoms with Crippen LogP contribution in [-0.4, -0.2) is 11.8 Å². The molecule has 4 N–H and O–H groups in total. The highest BCUT2D eigenvalue weighted by Gasteiger charge is 2.14. The lowest BCUT2D eigenvalue weighted by atomic mass is 10.5. The number of esters is 1. The molecule has 0 aliphatic carbocycles. The summed E-state index contributed by atoms with van der Waals surface area (Å²) in [6.07, 6.45) is 0.998. The van der Waals surface area contributed by atoms with Crippen molar-refractivity contribution in [2.75, 3.05) is 0 Å². The number of hydrogen-bond donors (Lipinski definition) is 2. The summed E-state index contributed by atoms with van der Waals surface area (Å²) < 4.78 is 4.39. The Balaban J connectivity index is 3.74. The van der Waals surface area contributed by atoms with Crippen LogP contribution < -0.4 is 11.5 Å². The van der Waals surface area contributed by atoms with Gasteiger partial charge in [0.1, 0.15) is 0 Å². The van der Waals surface area contributed by atoms with E-state index in [1.54, 1.807) is 0 Å². The Morgan fingerprint density at radius 3 is 2.33 bits per heavy atom. The van der Waals surface area contributed by atoms with E-state index in [0.29, 0.717) is 0 Å². The first-order chi connectivity index (χ1) is 3.95. The molecule has 0 aliphatic rings. The van der Waals surface area contributed by atoms with Crippen LogP contribution in [0.15, 0.2) is 12.7 Å². The summed E-state index contributed by atoms with van der Waals surface area (Å²) in [5, 5.41) is 0. The van der Waals surface area contributed by atoms with Gasteiger partial charge in [-0.05, 0) is 0 Å². The van der Waals surface area contributed by atoms with E-state index in [-0.39, 0.29) is 0 Å². The molecule has 0 spiro atoms. The van der Waals surface area contributed by atoms with Gasteiger partial charge < -0.3 is 4.74 Å². The molecule has 0 aromatic carbocycles. The van der Waals surface area contributed by atoms with Gasteiger partial charge in [-0.25, -0.2) is 4.79 Å². The van der Waals surface area contributed by atoms with Crippen molar-refractivity contribution in [3.63, 3.8) is 0 Å². The van der Waals surface area contributed by atoms with Crippen molar-refractivity contribution in [3.8, 4) is 0 Å². The van der Waals surface area contributed by atoms with Gasteiger partial charge in [0.25, 0.3) is 0 Å². The summed E-state index contributed by atoms with van der Waals surface area (Å²) in [6.45, 7) is 4.53. The Morgan fingerprint density at radius 2 is 2.22 bits per heavy atom. The average Bonchev–Trinajstić information content (AvgIpc) is 1.62. The zero-order valence-corrected chi connectivity index (χ0v) is 5.26. The molecule has 0 bridgehead atoms. The number of rotatable bonds is 2. The fraction of sp³-hybridized carbons (Fsp3) is 0.400. The van der Waals surface area contributed by atoms with Crippen molar-refractivity contribution in [2.24, 2.45) is 11.5 Å². The minimum absolute atomic E-state index is 0.623. The van der Waals surface area contributed by atoms with Crippen molar-refractivity contribution >= 4 is 5.97 Å². The smallest absolute Gasteiger partial charge is 0.332 e. The van der Waals surface area contributed by atoms with Crippen molar-refractivity contribution in [1.82, 2.24) is 0 Å². The van der Waals surface area contributed by atoms with Crippen LogP contribution in [0.1, 0.15) is 6.92 Å². The van der Waals surface area contributed by atoms with E-state index >= 15 is 0 Å². The summed E-state index contributed by atoms with van der Waals surface area (Å²) in [5.74, 6) is -2.02. The van der Waals surface area contributed by atoms with Crippen molar-refractivity contribution in [3.05, 3.63) is 12.7 Å². The van der Waals surface area contributed by atoms with Gasteiger partial charge in [-0.2, -0.15) is 0 Å². The largest absolute Gasteiger partial charge is 0.428 e. The van der Waals surface area contributed by atoms with Crippen molar-refractivity contribution < 1.29 is 9.53 Å². The van der Waals surface area contributed by atoms with Crippen LogP contribution >= 0.6 is 0 Å². The van der Waals surface area contributed by atoms with E-state index in [4.69, 9.17) is 11.5 Å². The van der Waals surface area contributed by atoms with Crippen molar-refractivity contribution in [1.29, 1.82) is 0 Å². The fourth-order valence-electron chi connectivity index (χ4n) is 0.258. The van der Waals surface area contributed by atoms with Crippen LogP contribution in [0.4, 0.5) is 0 Å². The van der Waals surface area contributed by atoms with E-state index in [1.807, 2.05) is 0 Å². The van der Waals surface area contributed by atoms with Gasteiger partial charge in [-0.1, -0.05) is 6.58 Å². The minimum Gasteiger partial charge on any atom is -0.428 e. The first kappa shape index (κ1) is 8.13. The highest BCUT2D eigenvalue weighted by Crippen LogP contribution is 1.91.